The SMILES string of the molecule is COc1cc2c(cc1OC)CN(C(=O)[C@@H]1Cc3ccccc3CN1Cc1cccc(Cl)c1Cl)CC2.Cl. The van der Waals surface area contributed by atoms with Crippen LogP contribution in [0.4, 0.5) is 0 Å². The highest BCUT2D eigenvalue weighted by atomic mass is 35.5. The number of hydrogen-bond donors (Lipinski definition) is 0. The van der Waals surface area contributed by atoms with E-state index in [1.165, 1.54) is 16.7 Å². The summed E-state index contributed by atoms with van der Waals surface area (Å²) in [4.78, 5) is 18.2. The standard InChI is InChI=1S/C28H28Cl2N2O3.ClH/c1-34-25-13-19-10-11-31(17-22(19)14-26(25)35-2)28(33)24-12-18-6-3-4-7-20(18)15-32(24)16-21-8-5-9-23(29)27(21)30;/h3-9,13-14,24H,10-12,15-17H2,1-2H3;1H/t24-;/m0./s1. The Morgan fingerprint density at radius 3 is 2.33 bits per heavy atom. The van der Waals surface area contributed by atoms with Gasteiger partial charge in [-0.3, -0.25) is 9.69 Å². The molecule has 0 radical (unpaired) electrons. The molecule has 2 heterocycles. The van der Waals surface area contributed by atoms with Gasteiger partial charge in [-0.25, -0.2) is 0 Å². The Labute approximate surface area is 228 Å². The van der Waals surface area contributed by atoms with Gasteiger partial charge in [0, 0.05) is 26.2 Å². The van der Waals surface area contributed by atoms with Crippen LogP contribution in [0.3, 0.4) is 0 Å². The molecule has 8 heteroatoms. The average Bonchev–Trinajstić information content (AvgIpc) is 2.89. The summed E-state index contributed by atoms with van der Waals surface area (Å²) in [6, 6.07) is 17.8. The predicted molar refractivity (Wildman–Crippen MR) is 146 cm³/mol. The number of ether oxygens (including phenoxy) is 2. The lowest BCUT2D eigenvalue weighted by molar-refractivity contribution is -0.139. The van der Waals surface area contributed by atoms with Crippen LogP contribution in [0.5, 0.6) is 11.5 Å². The Bertz CT molecular complexity index is 1270. The number of halogens is 3. The van der Waals surface area contributed by atoms with E-state index in [4.69, 9.17) is 32.7 Å². The molecule has 36 heavy (non-hydrogen) atoms. The second-order valence-electron chi connectivity index (χ2n) is 9.09. The van der Waals surface area contributed by atoms with Crippen LogP contribution in [-0.2, 0) is 37.3 Å². The van der Waals surface area contributed by atoms with Crippen LogP contribution in [-0.4, -0.2) is 42.5 Å². The second kappa shape index (κ2) is 11.3. The zero-order valence-electron chi connectivity index (χ0n) is 20.3. The molecular weight excluding hydrogens is 519 g/mol. The van der Waals surface area contributed by atoms with E-state index < -0.39 is 0 Å². The van der Waals surface area contributed by atoms with E-state index in [1.54, 1.807) is 20.3 Å². The van der Waals surface area contributed by atoms with E-state index in [-0.39, 0.29) is 24.4 Å². The van der Waals surface area contributed by atoms with Crippen molar-refractivity contribution < 1.29 is 14.3 Å². The summed E-state index contributed by atoms with van der Waals surface area (Å²) in [7, 11) is 3.28. The topological polar surface area (TPSA) is 42.0 Å². The maximum atomic E-state index is 14.0. The van der Waals surface area contributed by atoms with Gasteiger partial charge < -0.3 is 14.4 Å². The summed E-state index contributed by atoms with van der Waals surface area (Å²) in [6.45, 7) is 2.47. The molecule has 0 bridgehead atoms. The van der Waals surface area contributed by atoms with Crippen molar-refractivity contribution in [1.82, 2.24) is 9.80 Å². The van der Waals surface area contributed by atoms with Gasteiger partial charge in [-0.2, -0.15) is 0 Å². The number of hydrogen-bond acceptors (Lipinski definition) is 4. The van der Waals surface area contributed by atoms with Crippen molar-refractivity contribution in [2.45, 2.75) is 38.5 Å². The van der Waals surface area contributed by atoms with E-state index in [2.05, 4.69) is 23.1 Å². The molecule has 1 amide bonds. The predicted octanol–water partition coefficient (Wildman–Crippen LogP) is 5.94. The zero-order valence-corrected chi connectivity index (χ0v) is 22.6. The molecule has 0 N–H and O–H groups in total. The second-order valence-corrected chi connectivity index (χ2v) is 9.88. The molecule has 5 nitrogen and oxygen atoms in total. The monoisotopic (exact) mass is 546 g/mol. The van der Waals surface area contributed by atoms with Gasteiger partial charge in [-0.15, -0.1) is 12.4 Å². The maximum Gasteiger partial charge on any atom is 0.240 e. The van der Waals surface area contributed by atoms with Crippen LogP contribution in [0.1, 0.15) is 27.8 Å². The quantitative estimate of drug-likeness (QED) is 0.396. The smallest absolute Gasteiger partial charge is 0.240 e. The van der Waals surface area contributed by atoms with Gasteiger partial charge in [0.25, 0.3) is 0 Å². The van der Waals surface area contributed by atoms with Crippen LogP contribution in [0.25, 0.3) is 0 Å². The molecule has 0 unspecified atom stereocenters. The van der Waals surface area contributed by atoms with Gasteiger partial charge >= 0.3 is 0 Å². The molecule has 3 aromatic carbocycles. The summed E-state index contributed by atoms with van der Waals surface area (Å²) in [6.07, 6.45) is 1.45. The fraction of sp³-hybridized carbons (Fsp3) is 0.321. The minimum absolute atomic E-state index is 0. The van der Waals surface area contributed by atoms with Crippen LogP contribution in [0.15, 0.2) is 54.6 Å². The van der Waals surface area contributed by atoms with Crippen molar-refractivity contribution in [2.75, 3.05) is 20.8 Å². The largest absolute Gasteiger partial charge is 0.493 e. The number of fused-ring (bicyclic) bond motifs is 2. The molecule has 0 aliphatic carbocycles. The minimum atomic E-state index is -0.276. The fourth-order valence-electron chi connectivity index (χ4n) is 5.16. The molecule has 2 aliphatic heterocycles. The lowest BCUT2D eigenvalue weighted by Crippen LogP contribution is -2.52. The van der Waals surface area contributed by atoms with Gasteiger partial charge in [0.05, 0.1) is 30.3 Å². The number of rotatable bonds is 5. The van der Waals surface area contributed by atoms with Crippen molar-refractivity contribution in [2.24, 2.45) is 0 Å². The number of methoxy groups -OCH3 is 2. The summed E-state index contributed by atoms with van der Waals surface area (Å²) in [5, 5.41) is 1.08. The first-order valence-corrected chi connectivity index (χ1v) is 12.5. The Balaban J connectivity index is 0.00000304. The highest BCUT2D eigenvalue weighted by Crippen LogP contribution is 2.35. The third-order valence-corrected chi connectivity index (χ3v) is 7.92. The molecule has 0 fully saturated rings. The first kappa shape index (κ1) is 26.6. The number of carbonyl (C=O) groups is 1. The Morgan fingerprint density at radius 1 is 0.917 bits per heavy atom. The van der Waals surface area contributed by atoms with Gasteiger partial charge in [0.1, 0.15) is 0 Å². The van der Waals surface area contributed by atoms with Crippen LogP contribution < -0.4 is 9.47 Å². The Kier molecular flexibility index (Phi) is 8.36. The summed E-state index contributed by atoms with van der Waals surface area (Å²) >= 11 is 12.8. The first-order chi connectivity index (χ1) is 17.0. The summed E-state index contributed by atoms with van der Waals surface area (Å²) in [5.74, 6) is 1.54. The third-order valence-electron chi connectivity index (χ3n) is 7.07. The van der Waals surface area contributed by atoms with E-state index in [0.29, 0.717) is 48.4 Å². The Hall–Kier alpha value is -2.44. The summed E-state index contributed by atoms with van der Waals surface area (Å²) < 4.78 is 11.0. The molecule has 3 aromatic rings. The lowest BCUT2D eigenvalue weighted by atomic mass is 9.91. The van der Waals surface area contributed by atoms with Crippen molar-refractivity contribution >= 4 is 41.5 Å². The Morgan fingerprint density at radius 2 is 1.61 bits per heavy atom. The maximum absolute atomic E-state index is 14.0. The van der Waals surface area contributed by atoms with Crippen molar-refractivity contribution in [3.63, 3.8) is 0 Å². The van der Waals surface area contributed by atoms with E-state index >= 15 is 0 Å². The number of carbonyl (C=O) groups excluding carboxylic acids is 1. The molecule has 0 saturated heterocycles. The zero-order chi connectivity index (χ0) is 24.5. The number of benzene rings is 3. The van der Waals surface area contributed by atoms with Crippen molar-refractivity contribution in [3.05, 3.63) is 92.5 Å². The van der Waals surface area contributed by atoms with E-state index in [1.807, 2.05) is 35.2 Å². The summed E-state index contributed by atoms with van der Waals surface area (Å²) in [5.41, 5.74) is 5.70. The van der Waals surface area contributed by atoms with Gasteiger partial charge in [0.2, 0.25) is 5.91 Å². The van der Waals surface area contributed by atoms with Gasteiger partial charge in [-0.1, -0.05) is 59.6 Å². The lowest BCUT2D eigenvalue weighted by Gasteiger charge is -2.40. The fourth-order valence-corrected chi connectivity index (χ4v) is 5.54. The molecule has 1 atom stereocenters. The van der Waals surface area contributed by atoms with Gasteiger partial charge in [-0.05, 0) is 58.9 Å². The molecule has 2 aliphatic rings. The molecule has 0 aromatic heterocycles. The van der Waals surface area contributed by atoms with Crippen LogP contribution in [0, 0.1) is 0 Å². The molecular formula is C28H29Cl3N2O3. The molecule has 190 valence electrons. The van der Waals surface area contributed by atoms with Crippen LogP contribution >= 0.6 is 35.6 Å². The highest BCUT2D eigenvalue weighted by Gasteiger charge is 2.35. The average molecular weight is 548 g/mol. The third kappa shape index (κ3) is 5.16. The van der Waals surface area contributed by atoms with Crippen molar-refractivity contribution in [1.29, 1.82) is 0 Å². The first-order valence-electron chi connectivity index (χ1n) is 11.7. The minimum Gasteiger partial charge on any atom is -0.493 e. The van der Waals surface area contributed by atoms with Crippen LogP contribution in [0.2, 0.25) is 10.0 Å². The van der Waals surface area contributed by atoms with E-state index in [0.717, 1.165) is 23.3 Å². The van der Waals surface area contributed by atoms with E-state index in [9.17, 15) is 4.79 Å². The van der Waals surface area contributed by atoms with Crippen molar-refractivity contribution in [3.8, 4) is 11.5 Å². The molecule has 0 saturated carbocycles. The molecule has 5 rings (SSSR count). The van der Waals surface area contributed by atoms with Gasteiger partial charge in [0.15, 0.2) is 11.5 Å². The number of amides is 1. The number of nitrogens with zero attached hydrogens (tertiary/aromatic N) is 2. The highest BCUT2D eigenvalue weighted by molar-refractivity contribution is 6.42. The normalized spacial score (nSPS) is 17.0. The molecule has 0 spiro atoms.